The number of nitrogens with zero attached hydrogens (tertiary/aromatic N) is 1. The highest BCUT2D eigenvalue weighted by Crippen LogP contribution is 2.11. The van der Waals surface area contributed by atoms with Crippen molar-refractivity contribution >= 4 is 40.3 Å². The van der Waals surface area contributed by atoms with Gasteiger partial charge in [0.1, 0.15) is 0 Å². The molecule has 0 aromatic carbocycles. The van der Waals surface area contributed by atoms with Gasteiger partial charge in [0.05, 0.1) is 0 Å². The first-order valence-electron chi connectivity index (χ1n) is 5.39. The Morgan fingerprint density at radius 2 is 2.24 bits per heavy atom. The van der Waals surface area contributed by atoms with Crippen LogP contribution in [0.3, 0.4) is 0 Å². The third-order valence-electron chi connectivity index (χ3n) is 2.07. The molecule has 0 spiro atoms. The van der Waals surface area contributed by atoms with E-state index in [0.29, 0.717) is 6.54 Å². The first-order chi connectivity index (χ1) is 8.09. The Morgan fingerprint density at radius 3 is 2.71 bits per heavy atom. The monoisotopic (exact) mass is 371 g/mol. The minimum Gasteiger partial charge on any atom is -0.430 e. The van der Waals surface area contributed by atoms with Crippen molar-refractivity contribution in [3.63, 3.8) is 0 Å². The molecule has 3 nitrogen and oxygen atoms in total. The Bertz CT molecular complexity index is 290. The minimum atomic E-state index is -0.587. The number of rotatable bonds is 3. The molecule has 0 N–H and O–H groups in total. The predicted molar refractivity (Wildman–Crippen MR) is 80.8 cm³/mol. The van der Waals surface area contributed by atoms with E-state index in [2.05, 4.69) is 34.7 Å². The largest absolute Gasteiger partial charge is 0.430 e. The lowest BCUT2D eigenvalue weighted by Crippen LogP contribution is -2.30. The van der Waals surface area contributed by atoms with Gasteiger partial charge in [-0.1, -0.05) is 52.4 Å². The first-order valence-corrected chi connectivity index (χ1v) is 7.98. The van der Waals surface area contributed by atoms with E-state index in [1.165, 1.54) is 4.90 Å². The number of hydrogen-bond donors (Lipinski definition) is 0. The van der Waals surface area contributed by atoms with Crippen LogP contribution in [0.15, 0.2) is 23.8 Å². The molecule has 0 radical (unpaired) electrons. The van der Waals surface area contributed by atoms with Crippen LogP contribution in [-0.2, 0) is 4.74 Å². The molecule has 1 rings (SSSR count). The molecule has 1 aliphatic carbocycles. The normalized spacial score (nSPS) is 15.2. The SMILES string of the molecule is CC(Cl)OC(=O)N(C)CC1=CCCC=C1.CI. The standard InChI is InChI=1S/C11H16ClNO2.CH3I/c1-9(12)15-11(14)13(2)8-10-6-4-3-5-7-10;1-2/h4,6-7,9H,3,5,8H2,1-2H3;1H3. The number of allylic oxidation sites excluding steroid dienone is 2. The van der Waals surface area contributed by atoms with Crippen molar-refractivity contribution in [2.45, 2.75) is 25.3 Å². The van der Waals surface area contributed by atoms with Crippen LogP contribution < -0.4 is 0 Å². The highest BCUT2D eigenvalue weighted by Gasteiger charge is 2.13. The zero-order valence-electron chi connectivity index (χ0n) is 10.5. The fraction of sp³-hybridized carbons (Fsp3) is 0.583. The maximum absolute atomic E-state index is 11.4. The molecular formula is C12H19ClINO2. The maximum Gasteiger partial charge on any atom is 0.411 e. The number of likely N-dealkylation sites (N-methyl/N-ethyl adjacent to an activating group) is 1. The molecule has 0 saturated carbocycles. The lowest BCUT2D eigenvalue weighted by atomic mass is 10.1. The molecule has 0 fully saturated rings. The summed E-state index contributed by atoms with van der Waals surface area (Å²) in [4.78, 5) is 14.9. The maximum atomic E-state index is 11.4. The van der Waals surface area contributed by atoms with Gasteiger partial charge in [-0.15, -0.1) is 0 Å². The van der Waals surface area contributed by atoms with Crippen LogP contribution in [0.2, 0.25) is 0 Å². The third-order valence-corrected chi connectivity index (χ3v) is 2.16. The Balaban J connectivity index is 0.00000121. The van der Waals surface area contributed by atoms with Gasteiger partial charge in [0, 0.05) is 13.6 Å². The molecule has 0 heterocycles. The van der Waals surface area contributed by atoms with E-state index in [1.54, 1.807) is 14.0 Å². The Labute approximate surface area is 122 Å². The van der Waals surface area contributed by atoms with Crippen LogP contribution in [0.4, 0.5) is 4.79 Å². The van der Waals surface area contributed by atoms with Gasteiger partial charge in [0.15, 0.2) is 5.56 Å². The summed E-state index contributed by atoms with van der Waals surface area (Å²) in [5.41, 5.74) is 0.554. The lowest BCUT2D eigenvalue weighted by Gasteiger charge is -2.19. The number of carbonyl (C=O) groups is 1. The van der Waals surface area contributed by atoms with Crippen molar-refractivity contribution in [2.24, 2.45) is 0 Å². The smallest absolute Gasteiger partial charge is 0.411 e. The summed E-state index contributed by atoms with van der Waals surface area (Å²) in [6, 6.07) is 0. The molecule has 5 heteroatoms. The number of amides is 1. The molecule has 0 bridgehead atoms. The minimum absolute atomic E-state index is 0.391. The van der Waals surface area contributed by atoms with Crippen molar-refractivity contribution in [3.05, 3.63) is 23.8 Å². The third kappa shape index (κ3) is 7.65. The van der Waals surface area contributed by atoms with Gasteiger partial charge in [0.25, 0.3) is 0 Å². The topological polar surface area (TPSA) is 29.5 Å². The van der Waals surface area contributed by atoms with Crippen molar-refractivity contribution in [2.75, 3.05) is 18.5 Å². The van der Waals surface area contributed by atoms with Crippen LogP contribution >= 0.6 is 34.2 Å². The number of alkyl halides is 2. The van der Waals surface area contributed by atoms with E-state index >= 15 is 0 Å². The second-order valence-corrected chi connectivity index (χ2v) is 4.16. The van der Waals surface area contributed by atoms with Crippen LogP contribution in [0.5, 0.6) is 0 Å². The molecule has 1 atom stereocenters. The molecule has 0 aliphatic heterocycles. The van der Waals surface area contributed by atoms with E-state index in [1.807, 2.05) is 11.0 Å². The van der Waals surface area contributed by atoms with Crippen molar-refractivity contribution in [1.82, 2.24) is 4.90 Å². The van der Waals surface area contributed by atoms with Gasteiger partial charge >= 0.3 is 6.09 Å². The zero-order valence-corrected chi connectivity index (χ0v) is 13.4. The number of ether oxygens (including phenoxy) is 1. The average molecular weight is 372 g/mol. The fourth-order valence-corrected chi connectivity index (χ4v) is 1.43. The number of carbonyl (C=O) groups excluding carboxylic acids is 1. The summed E-state index contributed by atoms with van der Waals surface area (Å²) < 4.78 is 4.85. The van der Waals surface area contributed by atoms with E-state index < -0.39 is 11.7 Å². The molecule has 1 unspecified atom stereocenters. The molecular weight excluding hydrogens is 352 g/mol. The summed E-state index contributed by atoms with van der Waals surface area (Å²) in [7, 11) is 1.70. The Hall–Kier alpha value is -0.230. The van der Waals surface area contributed by atoms with E-state index in [0.717, 1.165) is 18.4 Å². The van der Waals surface area contributed by atoms with Crippen LogP contribution in [0, 0.1) is 0 Å². The predicted octanol–water partition coefficient (Wildman–Crippen LogP) is 3.97. The van der Waals surface area contributed by atoms with Crippen molar-refractivity contribution in [1.29, 1.82) is 0 Å². The fourth-order valence-electron chi connectivity index (χ4n) is 1.35. The molecule has 0 aromatic rings. The van der Waals surface area contributed by atoms with Gasteiger partial charge < -0.3 is 9.64 Å². The summed E-state index contributed by atoms with van der Waals surface area (Å²) in [5, 5.41) is 0. The number of halogens is 2. The summed E-state index contributed by atoms with van der Waals surface area (Å²) in [6.07, 6.45) is 8.01. The highest BCUT2D eigenvalue weighted by molar-refractivity contribution is 14.1. The average Bonchev–Trinajstić information content (AvgIpc) is 2.32. The Kier molecular flexibility index (Phi) is 9.63. The van der Waals surface area contributed by atoms with Crippen LogP contribution in [0.1, 0.15) is 19.8 Å². The molecule has 0 aromatic heterocycles. The second-order valence-electron chi connectivity index (χ2n) is 3.54. The molecule has 0 saturated heterocycles. The van der Waals surface area contributed by atoms with Crippen molar-refractivity contribution in [3.8, 4) is 0 Å². The number of hydrogen-bond acceptors (Lipinski definition) is 2. The van der Waals surface area contributed by atoms with Gasteiger partial charge in [-0.2, -0.15) is 0 Å². The van der Waals surface area contributed by atoms with E-state index in [9.17, 15) is 4.79 Å². The zero-order chi connectivity index (χ0) is 13.3. The van der Waals surface area contributed by atoms with E-state index in [-0.39, 0.29) is 0 Å². The summed E-state index contributed by atoms with van der Waals surface area (Å²) in [5.74, 6) is 0. The summed E-state index contributed by atoms with van der Waals surface area (Å²) >= 11 is 7.71. The van der Waals surface area contributed by atoms with Crippen LogP contribution in [0.25, 0.3) is 0 Å². The molecule has 17 heavy (non-hydrogen) atoms. The van der Waals surface area contributed by atoms with Gasteiger partial charge in [-0.3, -0.25) is 0 Å². The Morgan fingerprint density at radius 1 is 1.59 bits per heavy atom. The first kappa shape index (κ1) is 16.8. The molecule has 1 amide bonds. The molecule has 98 valence electrons. The molecule has 1 aliphatic rings. The summed E-state index contributed by atoms with van der Waals surface area (Å²) in [6.45, 7) is 2.19. The lowest BCUT2D eigenvalue weighted by molar-refractivity contribution is 0.107. The van der Waals surface area contributed by atoms with Gasteiger partial charge in [0.2, 0.25) is 0 Å². The van der Waals surface area contributed by atoms with E-state index in [4.69, 9.17) is 16.3 Å². The highest BCUT2D eigenvalue weighted by atomic mass is 127. The van der Waals surface area contributed by atoms with Crippen LogP contribution in [-0.4, -0.2) is 35.1 Å². The van der Waals surface area contributed by atoms with Gasteiger partial charge in [-0.05, 0) is 30.3 Å². The van der Waals surface area contributed by atoms with Crippen molar-refractivity contribution < 1.29 is 9.53 Å². The van der Waals surface area contributed by atoms with Gasteiger partial charge in [-0.25, -0.2) is 4.79 Å². The quantitative estimate of drug-likeness (QED) is 0.555. The second kappa shape index (κ2) is 9.76.